The van der Waals surface area contributed by atoms with E-state index in [1.807, 2.05) is 20.8 Å². The molecule has 0 aliphatic rings. The maximum absolute atomic E-state index is 11.7. The van der Waals surface area contributed by atoms with E-state index in [4.69, 9.17) is 0 Å². The number of aryl methyl sites for hydroxylation is 1. The van der Waals surface area contributed by atoms with Crippen molar-refractivity contribution in [3.63, 3.8) is 0 Å². The molecule has 0 spiro atoms. The molecular formula is C14H23N3O. The lowest BCUT2D eigenvalue weighted by Crippen LogP contribution is -2.14. The molecule has 4 heteroatoms. The van der Waals surface area contributed by atoms with Gasteiger partial charge in [-0.05, 0) is 19.3 Å². The summed E-state index contributed by atoms with van der Waals surface area (Å²) in [4.78, 5) is 20.4. The lowest BCUT2D eigenvalue weighted by atomic mass is 10.1. The van der Waals surface area contributed by atoms with Crippen LogP contribution in [-0.4, -0.2) is 15.9 Å². The average Bonchev–Trinajstić information content (AvgIpc) is 2.25. The molecule has 1 aromatic rings. The predicted octanol–water partition coefficient (Wildman–Crippen LogP) is 3.28. The van der Waals surface area contributed by atoms with Crippen LogP contribution in [0.1, 0.15) is 58.0 Å². The van der Waals surface area contributed by atoms with E-state index in [1.54, 1.807) is 6.07 Å². The van der Waals surface area contributed by atoms with Crippen LogP contribution in [0.15, 0.2) is 6.07 Å². The summed E-state index contributed by atoms with van der Waals surface area (Å²) in [5, 5.41) is 2.84. The van der Waals surface area contributed by atoms with Gasteiger partial charge in [-0.3, -0.25) is 4.79 Å². The van der Waals surface area contributed by atoms with Crippen molar-refractivity contribution in [1.82, 2.24) is 9.97 Å². The van der Waals surface area contributed by atoms with Crippen LogP contribution in [-0.2, 0) is 4.79 Å². The summed E-state index contributed by atoms with van der Waals surface area (Å²) in [6.45, 7) is 10.2. The molecule has 4 nitrogen and oxygen atoms in total. The standard InChI is InChI=1S/C14H23N3O/c1-9(2)6-7-13(18)16-12-8-11(5)15-14(17-12)10(3)4/h8-10H,6-7H2,1-5H3,(H,15,16,17,18). The molecule has 1 amide bonds. The van der Waals surface area contributed by atoms with Crippen molar-refractivity contribution >= 4 is 11.7 Å². The van der Waals surface area contributed by atoms with Crippen LogP contribution in [0.4, 0.5) is 5.82 Å². The molecule has 18 heavy (non-hydrogen) atoms. The molecule has 0 saturated carbocycles. The third-order valence-electron chi connectivity index (χ3n) is 2.60. The molecule has 0 unspecified atom stereocenters. The number of rotatable bonds is 5. The number of nitrogens with zero attached hydrogens (tertiary/aromatic N) is 2. The molecule has 0 bridgehead atoms. The molecule has 0 aliphatic carbocycles. The highest BCUT2D eigenvalue weighted by Gasteiger charge is 2.09. The Labute approximate surface area is 109 Å². The summed E-state index contributed by atoms with van der Waals surface area (Å²) < 4.78 is 0. The zero-order valence-corrected chi connectivity index (χ0v) is 11.9. The minimum Gasteiger partial charge on any atom is -0.311 e. The van der Waals surface area contributed by atoms with Gasteiger partial charge in [0, 0.05) is 24.1 Å². The Morgan fingerprint density at radius 1 is 1.28 bits per heavy atom. The van der Waals surface area contributed by atoms with Crippen molar-refractivity contribution in [1.29, 1.82) is 0 Å². The summed E-state index contributed by atoms with van der Waals surface area (Å²) in [6.07, 6.45) is 1.44. The SMILES string of the molecule is Cc1cc(NC(=O)CCC(C)C)nc(C(C)C)n1. The minimum absolute atomic E-state index is 0.0245. The van der Waals surface area contributed by atoms with E-state index < -0.39 is 0 Å². The number of carbonyl (C=O) groups excluding carboxylic acids is 1. The Morgan fingerprint density at radius 3 is 2.50 bits per heavy atom. The van der Waals surface area contributed by atoms with Gasteiger partial charge in [-0.2, -0.15) is 0 Å². The summed E-state index contributed by atoms with van der Waals surface area (Å²) >= 11 is 0. The molecule has 0 aromatic carbocycles. The average molecular weight is 249 g/mol. The first-order valence-electron chi connectivity index (χ1n) is 6.54. The molecule has 0 aliphatic heterocycles. The number of amides is 1. The van der Waals surface area contributed by atoms with Gasteiger partial charge in [-0.25, -0.2) is 9.97 Å². The quantitative estimate of drug-likeness (QED) is 0.871. The van der Waals surface area contributed by atoms with E-state index in [1.165, 1.54) is 0 Å². The molecule has 0 saturated heterocycles. The van der Waals surface area contributed by atoms with Crippen molar-refractivity contribution in [2.45, 2.75) is 53.4 Å². The van der Waals surface area contributed by atoms with Crippen LogP contribution in [0.5, 0.6) is 0 Å². The Balaban J connectivity index is 2.69. The number of hydrogen-bond acceptors (Lipinski definition) is 3. The largest absolute Gasteiger partial charge is 0.311 e. The third-order valence-corrected chi connectivity index (χ3v) is 2.60. The normalized spacial score (nSPS) is 11.1. The second-order valence-electron chi connectivity index (χ2n) is 5.39. The molecule has 0 fully saturated rings. The highest BCUT2D eigenvalue weighted by atomic mass is 16.1. The molecule has 1 aromatic heterocycles. The summed E-state index contributed by atoms with van der Waals surface area (Å²) in [5.41, 5.74) is 0.882. The first kappa shape index (κ1) is 14.6. The molecule has 1 heterocycles. The fourth-order valence-corrected chi connectivity index (χ4v) is 1.54. The zero-order valence-electron chi connectivity index (χ0n) is 11.9. The molecule has 100 valence electrons. The maximum atomic E-state index is 11.7. The Morgan fingerprint density at radius 2 is 1.94 bits per heavy atom. The lowest BCUT2D eigenvalue weighted by molar-refractivity contribution is -0.116. The number of carbonyl (C=O) groups is 1. The molecular weight excluding hydrogens is 226 g/mol. The van der Waals surface area contributed by atoms with Gasteiger partial charge in [-0.1, -0.05) is 27.7 Å². The van der Waals surface area contributed by atoms with Gasteiger partial charge >= 0.3 is 0 Å². The first-order valence-corrected chi connectivity index (χ1v) is 6.54. The van der Waals surface area contributed by atoms with Crippen molar-refractivity contribution < 1.29 is 4.79 Å². The highest BCUT2D eigenvalue weighted by Crippen LogP contribution is 2.14. The van der Waals surface area contributed by atoms with Crippen LogP contribution in [0.2, 0.25) is 0 Å². The predicted molar refractivity (Wildman–Crippen MR) is 73.6 cm³/mol. The van der Waals surface area contributed by atoms with E-state index in [-0.39, 0.29) is 11.8 Å². The number of nitrogens with one attached hydrogen (secondary N) is 1. The van der Waals surface area contributed by atoms with E-state index in [0.29, 0.717) is 18.2 Å². The maximum Gasteiger partial charge on any atom is 0.225 e. The second kappa shape index (κ2) is 6.47. The van der Waals surface area contributed by atoms with Gasteiger partial charge in [0.25, 0.3) is 0 Å². The minimum atomic E-state index is 0.0245. The van der Waals surface area contributed by atoms with Crippen LogP contribution < -0.4 is 5.32 Å². The van der Waals surface area contributed by atoms with Crippen molar-refractivity contribution in [3.05, 3.63) is 17.6 Å². The third kappa shape index (κ3) is 4.82. The topological polar surface area (TPSA) is 54.9 Å². The van der Waals surface area contributed by atoms with E-state index >= 15 is 0 Å². The highest BCUT2D eigenvalue weighted by molar-refractivity contribution is 5.89. The lowest BCUT2D eigenvalue weighted by Gasteiger charge is -2.10. The van der Waals surface area contributed by atoms with Crippen molar-refractivity contribution in [2.24, 2.45) is 5.92 Å². The van der Waals surface area contributed by atoms with Gasteiger partial charge in [-0.15, -0.1) is 0 Å². The molecule has 0 atom stereocenters. The molecule has 0 radical (unpaired) electrons. The van der Waals surface area contributed by atoms with Gasteiger partial charge in [0.1, 0.15) is 11.6 Å². The molecule has 1 rings (SSSR count). The second-order valence-corrected chi connectivity index (χ2v) is 5.39. The van der Waals surface area contributed by atoms with E-state index in [0.717, 1.165) is 17.9 Å². The van der Waals surface area contributed by atoms with Gasteiger partial charge in [0.2, 0.25) is 5.91 Å². The van der Waals surface area contributed by atoms with Crippen LogP contribution >= 0.6 is 0 Å². The molecule has 1 N–H and O–H groups in total. The summed E-state index contributed by atoms with van der Waals surface area (Å²) in [5.74, 6) is 2.20. The zero-order chi connectivity index (χ0) is 13.7. The Kier molecular flexibility index (Phi) is 5.25. The van der Waals surface area contributed by atoms with E-state index in [2.05, 4.69) is 29.1 Å². The summed E-state index contributed by atoms with van der Waals surface area (Å²) in [7, 11) is 0. The number of anilines is 1. The monoisotopic (exact) mass is 249 g/mol. The van der Waals surface area contributed by atoms with Crippen molar-refractivity contribution in [3.8, 4) is 0 Å². The van der Waals surface area contributed by atoms with Crippen LogP contribution in [0.25, 0.3) is 0 Å². The Bertz CT molecular complexity index is 414. The van der Waals surface area contributed by atoms with Gasteiger partial charge < -0.3 is 5.32 Å². The first-order chi connectivity index (χ1) is 8.38. The fraction of sp³-hybridized carbons (Fsp3) is 0.643. The van der Waals surface area contributed by atoms with Crippen molar-refractivity contribution in [2.75, 3.05) is 5.32 Å². The van der Waals surface area contributed by atoms with Gasteiger partial charge in [0.15, 0.2) is 0 Å². The van der Waals surface area contributed by atoms with Crippen LogP contribution in [0, 0.1) is 12.8 Å². The van der Waals surface area contributed by atoms with E-state index in [9.17, 15) is 4.79 Å². The summed E-state index contributed by atoms with van der Waals surface area (Å²) in [6, 6.07) is 1.80. The number of hydrogen-bond donors (Lipinski definition) is 1. The Hall–Kier alpha value is -1.45. The smallest absolute Gasteiger partial charge is 0.225 e. The number of aromatic nitrogens is 2. The van der Waals surface area contributed by atoms with Crippen LogP contribution in [0.3, 0.4) is 0 Å². The van der Waals surface area contributed by atoms with Gasteiger partial charge in [0.05, 0.1) is 0 Å². The fourth-order valence-electron chi connectivity index (χ4n) is 1.54.